The highest BCUT2D eigenvalue weighted by Crippen LogP contribution is 2.15. The molecule has 2 N–H and O–H groups in total. The second-order valence-corrected chi connectivity index (χ2v) is 5.10. The van der Waals surface area contributed by atoms with Gasteiger partial charge in [-0.1, -0.05) is 29.8 Å². The highest BCUT2D eigenvalue weighted by atomic mass is 19.1. The first-order valence-corrected chi connectivity index (χ1v) is 6.87. The van der Waals surface area contributed by atoms with E-state index in [9.17, 15) is 9.18 Å². The van der Waals surface area contributed by atoms with Crippen molar-refractivity contribution in [2.45, 2.75) is 20.4 Å². The summed E-state index contributed by atoms with van der Waals surface area (Å²) in [4.78, 5) is 11.9. The normalized spacial score (nSPS) is 10.4. The summed E-state index contributed by atoms with van der Waals surface area (Å²) < 4.78 is 12.8. The van der Waals surface area contributed by atoms with E-state index in [-0.39, 0.29) is 18.3 Å². The lowest BCUT2D eigenvalue weighted by atomic mass is 10.1. The number of benzene rings is 2. The maximum atomic E-state index is 12.8. The van der Waals surface area contributed by atoms with Crippen LogP contribution in [0.15, 0.2) is 42.5 Å². The molecule has 2 rings (SSSR count). The molecule has 1 amide bonds. The molecule has 0 spiro atoms. The Kier molecular flexibility index (Phi) is 5.06. The van der Waals surface area contributed by atoms with E-state index in [2.05, 4.69) is 10.6 Å². The van der Waals surface area contributed by atoms with Crippen molar-refractivity contribution in [3.63, 3.8) is 0 Å². The molecule has 21 heavy (non-hydrogen) atoms. The largest absolute Gasteiger partial charge is 0.325 e. The van der Waals surface area contributed by atoms with Crippen LogP contribution in [0.25, 0.3) is 0 Å². The summed E-state index contributed by atoms with van der Waals surface area (Å²) in [5.41, 5.74) is 3.98. The average molecular weight is 286 g/mol. The Labute approximate surface area is 124 Å². The molecule has 110 valence electrons. The minimum Gasteiger partial charge on any atom is -0.325 e. The molecular formula is C17H19FN2O. The van der Waals surface area contributed by atoms with Gasteiger partial charge in [-0.3, -0.25) is 4.79 Å². The molecule has 0 bridgehead atoms. The molecule has 0 saturated heterocycles. The van der Waals surface area contributed by atoms with Crippen LogP contribution in [0.1, 0.15) is 16.7 Å². The second-order valence-electron chi connectivity index (χ2n) is 5.10. The summed E-state index contributed by atoms with van der Waals surface area (Å²) in [5.74, 6) is -0.351. The first-order chi connectivity index (χ1) is 10.0. The number of nitrogens with one attached hydrogen (secondary N) is 2. The Morgan fingerprint density at radius 1 is 1.10 bits per heavy atom. The summed E-state index contributed by atoms with van der Waals surface area (Å²) >= 11 is 0. The molecule has 0 aromatic heterocycles. The quantitative estimate of drug-likeness (QED) is 0.886. The highest BCUT2D eigenvalue weighted by molar-refractivity contribution is 5.92. The van der Waals surface area contributed by atoms with Crippen molar-refractivity contribution in [3.05, 3.63) is 65.0 Å². The van der Waals surface area contributed by atoms with E-state index in [1.807, 2.05) is 32.0 Å². The van der Waals surface area contributed by atoms with Crippen LogP contribution in [0.3, 0.4) is 0 Å². The van der Waals surface area contributed by atoms with Gasteiger partial charge in [-0.2, -0.15) is 0 Å². The highest BCUT2D eigenvalue weighted by Gasteiger charge is 2.04. The van der Waals surface area contributed by atoms with Gasteiger partial charge in [0.05, 0.1) is 6.54 Å². The van der Waals surface area contributed by atoms with Crippen LogP contribution in [-0.2, 0) is 11.3 Å². The number of halogens is 1. The molecule has 0 heterocycles. The van der Waals surface area contributed by atoms with E-state index in [0.29, 0.717) is 6.54 Å². The van der Waals surface area contributed by atoms with Crippen molar-refractivity contribution >= 4 is 11.6 Å². The number of amides is 1. The fraction of sp³-hybridized carbons (Fsp3) is 0.235. The summed E-state index contributed by atoms with van der Waals surface area (Å²) in [6.07, 6.45) is 0. The lowest BCUT2D eigenvalue weighted by Gasteiger charge is -2.10. The van der Waals surface area contributed by atoms with Gasteiger partial charge in [-0.05, 0) is 43.2 Å². The smallest absolute Gasteiger partial charge is 0.238 e. The van der Waals surface area contributed by atoms with Crippen molar-refractivity contribution in [3.8, 4) is 0 Å². The molecule has 0 radical (unpaired) electrons. The summed E-state index contributed by atoms with van der Waals surface area (Å²) in [6.45, 7) is 4.72. The molecule has 2 aromatic carbocycles. The van der Waals surface area contributed by atoms with Gasteiger partial charge < -0.3 is 10.6 Å². The minimum absolute atomic E-state index is 0.0935. The number of hydrogen-bond acceptors (Lipinski definition) is 2. The third-order valence-electron chi connectivity index (χ3n) is 3.18. The zero-order chi connectivity index (χ0) is 15.2. The van der Waals surface area contributed by atoms with Crippen LogP contribution in [0.5, 0.6) is 0 Å². The molecule has 0 unspecified atom stereocenters. The first kappa shape index (κ1) is 15.2. The van der Waals surface area contributed by atoms with E-state index in [1.165, 1.54) is 17.7 Å². The first-order valence-electron chi connectivity index (χ1n) is 6.87. The molecule has 3 nitrogen and oxygen atoms in total. The lowest BCUT2D eigenvalue weighted by Crippen LogP contribution is -2.28. The number of rotatable bonds is 5. The SMILES string of the molecule is Cc1ccc(NC(=O)CNCc2ccc(F)cc2)c(C)c1. The molecular weight excluding hydrogens is 267 g/mol. The Morgan fingerprint density at radius 3 is 2.48 bits per heavy atom. The van der Waals surface area contributed by atoms with Crippen LogP contribution in [0, 0.1) is 19.7 Å². The predicted octanol–water partition coefficient (Wildman–Crippen LogP) is 3.17. The molecule has 2 aromatic rings. The van der Waals surface area contributed by atoms with Crippen LogP contribution >= 0.6 is 0 Å². The van der Waals surface area contributed by atoms with Crippen LogP contribution in [0.4, 0.5) is 10.1 Å². The molecule has 0 aliphatic heterocycles. The molecule has 0 fully saturated rings. The van der Waals surface area contributed by atoms with Gasteiger partial charge in [-0.15, -0.1) is 0 Å². The van der Waals surface area contributed by atoms with Crippen molar-refractivity contribution in [1.82, 2.24) is 5.32 Å². The summed E-state index contributed by atoms with van der Waals surface area (Å²) in [7, 11) is 0. The number of carbonyl (C=O) groups excluding carboxylic acids is 1. The van der Waals surface area contributed by atoms with Crippen molar-refractivity contribution in [2.75, 3.05) is 11.9 Å². The van der Waals surface area contributed by atoms with Crippen molar-refractivity contribution in [2.24, 2.45) is 0 Å². The zero-order valence-corrected chi connectivity index (χ0v) is 12.2. The van der Waals surface area contributed by atoms with Gasteiger partial charge in [0.2, 0.25) is 5.91 Å². The third-order valence-corrected chi connectivity index (χ3v) is 3.18. The van der Waals surface area contributed by atoms with Gasteiger partial charge in [0.1, 0.15) is 5.82 Å². The summed E-state index contributed by atoms with van der Waals surface area (Å²) in [5, 5.41) is 5.91. The maximum absolute atomic E-state index is 12.8. The zero-order valence-electron chi connectivity index (χ0n) is 12.2. The fourth-order valence-corrected chi connectivity index (χ4v) is 2.07. The Bertz CT molecular complexity index is 623. The third kappa shape index (κ3) is 4.68. The van der Waals surface area contributed by atoms with Gasteiger partial charge in [-0.25, -0.2) is 4.39 Å². The van der Waals surface area contributed by atoms with E-state index in [1.54, 1.807) is 12.1 Å². The van der Waals surface area contributed by atoms with Crippen LogP contribution in [0.2, 0.25) is 0 Å². The molecule has 0 aliphatic carbocycles. The van der Waals surface area contributed by atoms with E-state index in [4.69, 9.17) is 0 Å². The van der Waals surface area contributed by atoms with Crippen molar-refractivity contribution < 1.29 is 9.18 Å². The predicted molar refractivity (Wildman–Crippen MR) is 82.7 cm³/mol. The minimum atomic E-state index is -0.258. The average Bonchev–Trinajstić information content (AvgIpc) is 2.44. The van der Waals surface area contributed by atoms with Gasteiger partial charge >= 0.3 is 0 Å². The molecule has 0 atom stereocenters. The van der Waals surface area contributed by atoms with Crippen LogP contribution in [-0.4, -0.2) is 12.5 Å². The Balaban J connectivity index is 1.81. The van der Waals surface area contributed by atoms with E-state index in [0.717, 1.165) is 16.8 Å². The number of aryl methyl sites for hydroxylation is 2. The molecule has 0 aliphatic rings. The topological polar surface area (TPSA) is 41.1 Å². The fourth-order valence-electron chi connectivity index (χ4n) is 2.07. The number of hydrogen-bond donors (Lipinski definition) is 2. The maximum Gasteiger partial charge on any atom is 0.238 e. The van der Waals surface area contributed by atoms with E-state index >= 15 is 0 Å². The van der Waals surface area contributed by atoms with E-state index < -0.39 is 0 Å². The standard InChI is InChI=1S/C17H19FN2O/c1-12-3-8-16(13(2)9-12)20-17(21)11-19-10-14-4-6-15(18)7-5-14/h3-9,19H,10-11H2,1-2H3,(H,20,21). The lowest BCUT2D eigenvalue weighted by molar-refractivity contribution is -0.115. The monoisotopic (exact) mass is 286 g/mol. The number of carbonyl (C=O) groups is 1. The second kappa shape index (κ2) is 6.99. The molecule has 0 saturated carbocycles. The Hall–Kier alpha value is -2.20. The number of anilines is 1. The van der Waals surface area contributed by atoms with Gasteiger partial charge in [0, 0.05) is 12.2 Å². The van der Waals surface area contributed by atoms with Gasteiger partial charge in [0.25, 0.3) is 0 Å². The molecule has 4 heteroatoms. The van der Waals surface area contributed by atoms with Crippen LogP contribution < -0.4 is 10.6 Å². The van der Waals surface area contributed by atoms with Gasteiger partial charge in [0.15, 0.2) is 0 Å². The Morgan fingerprint density at radius 2 is 1.81 bits per heavy atom. The summed E-state index contributed by atoms with van der Waals surface area (Å²) in [6, 6.07) is 12.1. The van der Waals surface area contributed by atoms with Crippen molar-refractivity contribution in [1.29, 1.82) is 0 Å².